The number of hydrogen-bond acceptors (Lipinski definition) is 6. The van der Waals surface area contributed by atoms with E-state index < -0.39 is 23.5 Å². The van der Waals surface area contributed by atoms with Gasteiger partial charge in [-0.25, -0.2) is 9.59 Å². The maximum absolute atomic E-state index is 13.0. The molecule has 2 amide bonds. The zero-order valence-corrected chi connectivity index (χ0v) is 21.7. The molecule has 9 heteroatoms. The lowest BCUT2D eigenvalue weighted by molar-refractivity contribution is -0.146. The number of rotatable bonds is 8. The molecule has 0 unspecified atom stereocenters. The molecule has 1 aliphatic rings. The van der Waals surface area contributed by atoms with Crippen molar-refractivity contribution < 1.29 is 23.9 Å². The Kier molecular flexibility index (Phi) is 9.27. The van der Waals surface area contributed by atoms with Crippen molar-refractivity contribution in [2.45, 2.75) is 51.7 Å². The van der Waals surface area contributed by atoms with Crippen LogP contribution < -0.4 is 11.1 Å². The van der Waals surface area contributed by atoms with Gasteiger partial charge in [0.1, 0.15) is 11.4 Å². The molecule has 1 heterocycles. The molecule has 4 N–H and O–H groups in total. The number of ether oxygens (including phenoxy) is 2. The SMILES string of the molecule is CC(C)(C)OC(=O)N1CCC(CCOC(=O)[C@H](NC(=O)c2cccc(C(=N)N)c2)c2ccccc2)CC1. The van der Waals surface area contributed by atoms with Crippen molar-refractivity contribution in [1.29, 1.82) is 5.41 Å². The van der Waals surface area contributed by atoms with Crippen LogP contribution in [0.15, 0.2) is 54.6 Å². The van der Waals surface area contributed by atoms with Gasteiger partial charge in [0.2, 0.25) is 0 Å². The van der Waals surface area contributed by atoms with Crippen LogP contribution in [0.3, 0.4) is 0 Å². The summed E-state index contributed by atoms with van der Waals surface area (Å²) in [5, 5.41) is 10.3. The van der Waals surface area contributed by atoms with Crippen molar-refractivity contribution in [1.82, 2.24) is 10.2 Å². The van der Waals surface area contributed by atoms with Crippen LogP contribution in [-0.4, -0.2) is 54.0 Å². The zero-order chi connectivity index (χ0) is 27.0. The molecule has 0 bridgehead atoms. The number of amidine groups is 1. The van der Waals surface area contributed by atoms with Crippen molar-refractivity contribution in [2.75, 3.05) is 19.7 Å². The molecule has 1 fully saturated rings. The number of nitrogens with two attached hydrogens (primary N) is 1. The van der Waals surface area contributed by atoms with E-state index in [1.807, 2.05) is 26.8 Å². The predicted octanol–water partition coefficient (Wildman–Crippen LogP) is 4.02. The van der Waals surface area contributed by atoms with Gasteiger partial charge in [0.15, 0.2) is 6.04 Å². The Morgan fingerprint density at radius 2 is 1.70 bits per heavy atom. The van der Waals surface area contributed by atoms with Crippen molar-refractivity contribution in [3.63, 3.8) is 0 Å². The first-order valence-corrected chi connectivity index (χ1v) is 12.5. The molecule has 3 rings (SSSR count). The number of hydrogen-bond donors (Lipinski definition) is 3. The van der Waals surface area contributed by atoms with Gasteiger partial charge in [0.25, 0.3) is 5.91 Å². The van der Waals surface area contributed by atoms with Crippen LogP contribution >= 0.6 is 0 Å². The van der Waals surface area contributed by atoms with Gasteiger partial charge in [-0.05, 0) is 63.6 Å². The second-order valence-electron chi connectivity index (χ2n) is 10.2. The second-order valence-corrected chi connectivity index (χ2v) is 10.2. The Hall–Kier alpha value is -3.88. The lowest BCUT2D eigenvalue weighted by Crippen LogP contribution is -2.42. The van der Waals surface area contributed by atoms with E-state index in [9.17, 15) is 14.4 Å². The molecule has 37 heavy (non-hydrogen) atoms. The molecule has 1 saturated heterocycles. The molecule has 9 nitrogen and oxygen atoms in total. The Bertz CT molecular complexity index is 1110. The van der Waals surface area contributed by atoms with E-state index in [2.05, 4.69) is 5.32 Å². The number of likely N-dealkylation sites (tertiary alicyclic amines) is 1. The molecular formula is C28H36N4O5. The fourth-order valence-electron chi connectivity index (χ4n) is 4.11. The smallest absolute Gasteiger partial charge is 0.410 e. The predicted molar refractivity (Wildman–Crippen MR) is 140 cm³/mol. The molecule has 2 aromatic carbocycles. The number of benzene rings is 2. The van der Waals surface area contributed by atoms with Crippen LogP contribution in [0.25, 0.3) is 0 Å². The third kappa shape index (κ3) is 8.34. The number of amides is 2. The molecule has 2 aromatic rings. The maximum atomic E-state index is 13.0. The number of carbonyl (C=O) groups excluding carboxylic acids is 3. The van der Waals surface area contributed by atoms with Gasteiger partial charge in [0, 0.05) is 24.2 Å². The van der Waals surface area contributed by atoms with Crippen molar-refractivity contribution in [3.8, 4) is 0 Å². The lowest BCUT2D eigenvalue weighted by Gasteiger charge is -2.33. The second kappa shape index (κ2) is 12.4. The molecule has 198 valence electrons. The van der Waals surface area contributed by atoms with Gasteiger partial charge >= 0.3 is 12.1 Å². The number of nitrogens with zero attached hydrogens (tertiary/aromatic N) is 1. The number of nitrogen functional groups attached to an aromatic ring is 1. The first-order chi connectivity index (χ1) is 17.5. The third-order valence-corrected chi connectivity index (χ3v) is 6.12. The fraction of sp³-hybridized carbons (Fsp3) is 0.429. The Morgan fingerprint density at radius 1 is 1.05 bits per heavy atom. The Morgan fingerprint density at radius 3 is 2.32 bits per heavy atom. The zero-order valence-electron chi connectivity index (χ0n) is 21.7. The fourth-order valence-corrected chi connectivity index (χ4v) is 4.11. The summed E-state index contributed by atoms with van der Waals surface area (Å²) in [4.78, 5) is 39.9. The molecule has 0 aliphatic carbocycles. The topological polar surface area (TPSA) is 135 Å². The molecule has 0 saturated carbocycles. The van der Waals surface area contributed by atoms with Crippen LogP contribution in [-0.2, 0) is 14.3 Å². The summed E-state index contributed by atoms with van der Waals surface area (Å²) in [5.41, 5.74) is 6.33. The Balaban J connectivity index is 1.55. The summed E-state index contributed by atoms with van der Waals surface area (Å²) >= 11 is 0. The first kappa shape index (κ1) is 27.7. The summed E-state index contributed by atoms with van der Waals surface area (Å²) < 4.78 is 11.0. The van der Waals surface area contributed by atoms with Crippen LogP contribution in [0.2, 0.25) is 0 Å². The van der Waals surface area contributed by atoms with Crippen LogP contribution in [0, 0.1) is 11.3 Å². The highest BCUT2D eigenvalue weighted by atomic mass is 16.6. The maximum Gasteiger partial charge on any atom is 0.410 e. The van der Waals surface area contributed by atoms with Gasteiger partial charge in [-0.3, -0.25) is 10.2 Å². The summed E-state index contributed by atoms with van der Waals surface area (Å²) in [6, 6.07) is 14.3. The number of piperidine rings is 1. The summed E-state index contributed by atoms with van der Waals surface area (Å²) in [6.45, 7) is 6.97. The van der Waals surface area contributed by atoms with Gasteiger partial charge in [-0.2, -0.15) is 0 Å². The van der Waals surface area contributed by atoms with Gasteiger partial charge in [0.05, 0.1) is 6.61 Å². The van der Waals surface area contributed by atoms with E-state index >= 15 is 0 Å². The lowest BCUT2D eigenvalue weighted by atomic mass is 9.94. The Labute approximate surface area is 217 Å². The highest BCUT2D eigenvalue weighted by Gasteiger charge is 2.28. The summed E-state index contributed by atoms with van der Waals surface area (Å²) in [6.07, 6.45) is 1.99. The van der Waals surface area contributed by atoms with Crippen molar-refractivity contribution >= 4 is 23.8 Å². The van der Waals surface area contributed by atoms with E-state index in [1.165, 1.54) is 6.07 Å². The average Bonchev–Trinajstić information content (AvgIpc) is 2.87. The van der Waals surface area contributed by atoms with Gasteiger partial charge < -0.3 is 25.4 Å². The van der Waals surface area contributed by atoms with E-state index in [1.54, 1.807) is 47.4 Å². The average molecular weight is 509 g/mol. The molecule has 0 radical (unpaired) electrons. The van der Waals surface area contributed by atoms with Crippen molar-refractivity contribution in [2.24, 2.45) is 11.7 Å². The minimum atomic E-state index is -0.983. The number of carbonyl (C=O) groups is 3. The first-order valence-electron chi connectivity index (χ1n) is 12.5. The van der Waals surface area contributed by atoms with Crippen molar-refractivity contribution in [3.05, 3.63) is 71.3 Å². The molecular weight excluding hydrogens is 472 g/mol. The quantitative estimate of drug-likeness (QED) is 0.280. The highest BCUT2D eigenvalue weighted by molar-refractivity contribution is 6.01. The van der Waals surface area contributed by atoms with E-state index in [4.69, 9.17) is 20.6 Å². The van der Waals surface area contributed by atoms with E-state index in [-0.39, 0.29) is 24.1 Å². The third-order valence-electron chi connectivity index (χ3n) is 6.12. The number of nitrogens with one attached hydrogen (secondary N) is 2. The van der Waals surface area contributed by atoms with Crippen LogP contribution in [0.1, 0.15) is 67.6 Å². The van der Waals surface area contributed by atoms with Gasteiger partial charge in [-0.1, -0.05) is 42.5 Å². The van der Waals surface area contributed by atoms with E-state index in [0.29, 0.717) is 36.6 Å². The minimum Gasteiger partial charge on any atom is -0.464 e. The molecule has 0 spiro atoms. The summed E-state index contributed by atoms with van der Waals surface area (Å²) in [5.74, 6) is -0.840. The van der Waals surface area contributed by atoms with E-state index in [0.717, 1.165) is 12.8 Å². The molecule has 1 atom stereocenters. The largest absolute Gasteiger partial charge is 0.464 e. The molecule has 0 aromatic heterocycles. The molecule has 1 aliphatic heterocycles. The van der Waals surface area contributed by atoms with Crippen LogP contribution in [0.5, 0.6) is 0 Å². The standard InChI is InChI=1S/C28H36N4O5/c1-28(2,3)37-27(35)32-15-12-19(13-16-32)14-17-36-26(34)23(20-8-5-4-6-9-20)31-25(33)22-11-7-10-21(18-22)24(29)30/h4-11,18-19,23H,12-17H2,1-3H3,(H3,29,30)(H,31,33)/t23-/m1/s1. The summed E-state index contributed by atoms with van der Waals surface area (Å²) in [7, 11) is 0. The number of esters is 1. The highest BCUT2D eigenvalue weighted by Crippen LogP contribution is 2.23. The minimum absolute atomic E-state index is 0.148. The normalized spacial score (nSPS) is 14.9. The monoisotopic (exact) mass is 508 g/mol. The van der Waals surface area contributed by atoms with Crippen LogP contribution in [0.4, 0.5) is 4.79 Å². The van der Waals surface area contributed by atoms with Gasteiger partial charge in [-0.15, -0.1) is 0 Å².